The zero-order valence-electron chi connectivity index (χ0n) is 20.9. The average molecular weight is 549 g/mol. The number of carbonyl (C=O) groups is 1. The average Bonchev–Trinajstić information content (AvgIpc) is 2.92. The van der Waals surface area contributed by atoms with Crippen LogP contribution in [0.25, 0.3) is 0 Å². The molecule has 8 nitrogen and oxygen atoms in total. The van der Waals surface area contributed by atoms with E-state index < -0.39 is 15.4 Å². The molecule has 200 valence electrons. The van der Waals surface area contributed by atoms with Gasteiger partial charge < -0.3 is 19.1 Å². The van der Waals surface area contributed by atoms with Gasteiger partial charge in [0.1, 0.15) is 23.9 Å². The number of hydrogen-bond acceptors (Lipinski definition) is 6. The third kappa shape index (κ3) is 5.84. The Morgan fingerprint density at radius 2 is 1.68 bits per heavy atom. The summed E-state index contributed by atoms with van der Waals surface area (Å²) in [7, 11) is -3.96. The molecule has 0 spiro atoms. The van der Waals surface area contributed by atoms with Crippen molar-refractivity contribution in [1.82, 2.24) is 9.21 Å². The first-order chi connectivity index (χ1) is 17.9. The van der Waals surface area contributed by atoms with Gasteiger partial charge in [0.2, 0.25) is 15.9 Å². The number of amides is 1. The summed E-state index contributed by atoms with van der Waals surface area (Å²) in [6, 6.07) is 12.4. The normalized spacial score (nSPS) is 22.5. The Morgan fingerprint density at radius 3 is 2.41 bits per heavy atom. The van der Waals surface area contributed by atoms with Gasteiger partial charge in [-0.25, -0.2) is 8.42 Å². The van der Waals surface area contributed by atoms with Crippen molar-refractivity contribution in [2.45, 2.75) is 43.4 Å². The van der Waals surface area contributed by atoms with E-state index in [4.69, 9.17) is 25.8 Å². The van der Waals surface area contributed by atoms with E-state index in [0.29, 0.717) is 49.8 Å². The van der Waals surface area contributed by atoms with Crippen molar-refractivity contribution in [1.29, 1.82) is 0 Å². The van der Waals surface area contributed by atoms with Gasteiger partial charge in [0.25, 0.3) is 0 Å². The van der Waals surface area contributed by atoms with Crippen LogP contribution in [0.2, 0.25) is 5.02 Å². The predicted octanol–water partition coefficient (Wildman–Crippen LogP) is 4.36. The maximum absolute atomic E-state index is 13.9. The molecule has 0 aliphatic carbocycles. The highest BCUT2D eigenvalue weighted by Crippen LogP contribution is 2.41. The monoisotopic (exact) mass is 548 g/mol. The molecule has 0 saturated carbocycles. The smallest absolute Gasteiger partial charge is 0.244 e. The van der Waals surface area contributed by atoms with E-state index in [1.165, 1.54) is 16.4 Å². The molecule has 2 aromatic carbocycles. The van der Waals surface area contributed by atoms with Crippen molar-refractivity contribution >= 4 is 27.5 Å². The minimum Gasteiger partial charge on any atom is -0.493 e. The Morgan fingerprint density at radius 1 is 0.973 bits per heavy atom. The summed E-state index contributed by atoms with van der Waals surface area (Å²) in [5.41, 5.74) is -0.657. The number of sulfonamides is 1. The molecule has 2 aromatic rings. The minimum atomic E-state index is -3.96. The van der Waals surface area contributed by atoms with Gasteiger partial charge in [-0.05, 0) is 44.2 Å². The highest BCUT2D eigenvalue weighted by molar-refractivity contribution is 7.89. The van der Waals surface area contributed by atoms with E-state index in [0.717, 1.165) is 32.4 Å². The molecule has 0 bridgehead atoms. The number of likely N-dealkylation sites (tertiary alicyclic amines) is 1. The van der Waals surface area contributed by atoms with Crippen LogP contribution in [0.1, 0.15) is 38.5 Å². The van der Waals surface area contributed by atoms with Crippen LogP contribution >= 0.6 is 11.6 Å². The first kappa shape index (κ1) is 26.1. The minimum absolute atomic E-state index is 0.0134. The lowest BCUT2D eigenvalue weighted by molar-refractivity contribution is -0.136. The molecular weight excluding hydrogens is 516 g/mol. The second-order valence-corrected chi connectivity index (χ2v) is 12.4. The van der Waals surface area contributed by atoms with Crippen molar-refractivity contribution in [3.63, 3.8) is 0 Å². The molecule has 0 radical (unpaired) electrons. The van der Waals surface area contributed by atoms with Crippen LogP contribution in [-0.4, -0.2) is 69.5 Å². The summed E-state index contributed by atoms with van der Waals surface area (Å²) in [5.74, 6) is 1.56. The van der Waals surface area contributed by atoms with Crippen LogP contribution in [0.3, 0.4) is 0 Å². The van der Waals surface area contributed by atoms with Crippen LogP contribution < -0.4 is 14.2 Å². The van der Waals surface area contributed by atoms with E-state index >= 15 is 0 Å². The van der Waals surface area contributed by atoms with Gasteiger partial charge in [-0.1, -0.05) is 29.8 Å². The molecule has 5 rings (SSSR count). The molecule has 2 fully saturated rings. The van der Waals surface area contributed by atoms with Crippen LogP contribution in [-0.2, 0) is 14.8 Å². The molecule has 1 atom stereocenters. The fourth-order valence-corrected chi connectivity index (χ4v) is 7.49. The Kier molecular flexibility index (Phi) is 7.83. The van der Waals surface area contributed by atoms with Gasteiger partial charge in [-0.2, -0.15) is 4.31 Å². The molecule has 0 aromatic heterocycles. The Bertz CT molecular complexity index is 1220. The van der Waals surface area contributed by atoms with E-state index in [1.54, 1.807) is 0 Å². The first-order valence-corrected chi connectivity index (χ1v) is 14.7. The number of fused-ring (bicyclic) bond motifs is 1. The summed E-state index contributed by atoms with van der Waals surface area (Å²) in [6.45, 7) is 3.00. The fraction of sp³-hybridized carbons (Fsp3) is 0.519. The fourth-order valence-electron chi connectivity index (χ4n) is 5.39. The molecule has 1 amide bonds. The maximum atomic E-state index is 13.9. The van der Waals surface area contributed by atoms with Crippen molar-refractivity contribution < 1.29 is 27.4 Å². The lowest BCUT2D eigenvalue weighted by Crippen LogP contribution is -2.51. The Balaban J connectivity index is 1.41. The van der Waals surface area contributed by atoms with E-state index in [-0.39, 0.29) is 35.4 Å². The van der Waals surface area contributed by atoms with Gasteiger partial charge >= 0.3 is 0 Å². The largest absolute Gasteiger partial charge is 0.493 e. The van der Waals surface area contributed by atoms with E-state index in [1.807, 2.05) is 35.2 Å². The van der Waals surface area contributed by atoms with Crippen molar-refractivity contribution in [3.05, 3.63) is 47.5 Å². The second-order valence-electron chi connectivity index (χ2n) is 10.1. The molecule has 3 aliphatic heterocycles. The van der Waals surface area contributed by atoms with Crippen LogP contribution in [0, 0.1) is 5.41 Å². The molecule has 0 N–H and O–H groups in total. The van der Waals surface area contributed by atoms with Crippen LogP contribution in [0.15, 0.2) is 47.4 Å². The highest BCUT2D eigenvalue weighted by Gasteiger charge is 2.44. The van der Waals surface area contributed by atoms with Crippen molar-refractivity contribution in [3.8, 4) is 17.2 Å². The van der Waals surface area contributed by atoms with Gasteiger partial charge in [-0.15, -0.1) is 0 Å². The highest BCUT2D eigenvalue weighted by atomic mass is 35.5. The van der Waals surface area contributed by atoms with Crippen LogP contribution in [0.5, 0.6) is 17.2 Å². The van der Waals surface area contributed by atoms with Gasteiger partial charge in [0, 0.05) is 50.1 Å². The van der Waals surface area contributed by atoms with Gasteiger partial charge in [0.05, 0.1) is 11.6 Å². The molecule has 3 aliphatic rings. The van der Waals surface area contributed by atoms with E-state index in [9.17, 15) is 13.2 Å². The quantitative estimate of drug-likeness (QED) is 0.511. The van der Waals surface area contributed by atoms with Gasteiger partial charge in [-0.3, -0.25) is 4.79 Å². The van der Waals surface area contributed by atoms with Crippen molar-refractivity contribution in [2.75, 3.05) is 46.0 Å². The number of rotatable bonds is 7. The van der Waals surface area contributed by atoms with Crippen LogP contribution in [0.4, 0.5) is 0 Å². The number of carbonyl (C=O) groups excluding carboxylic acids is 1. The summed E-state index contributed by atoms with van der Waals surface area (Å²) in [5, 5.41) is 0.0883. The summed E-state index contributed by atoms with van der Waals surface area (Å²) >= 11 is 6.44. The number of piperidine rings is 2. The topological polar surface area (TPSA) is 85.4 Å². The maximum Gasteiger partial charge on any atom is 0.244 e. The number of para-hydroxylation sites is 1. The standard InChI is InChI=1S/C27H33ClN2O6S/c28-22-16-23-24(35-15-14-34-23)17-25(22)37(32,33)30-13-7-10-27(19-30,20-36-21-8-3-1-4-9-21)18-26(31)29-11-5-2-6-12-29/h1,3-4,8-9,16-17H,2,5-7,10-15,18-20H2. The molecule has 3 heterocycles. The third-order valence-corrected chi connectivity index (χ3v) is 9.67. The second kappa shape index (κ2) is 11.1. The number of benzene rings is 2. The Hall–Kier alpha value is -2.49. The summed E-state index contributed by atoms with van der Waals surface area (Å²) < 4.78 is 46.5. The SMILES string of the molecule is O=C(CC1(COc2ccccc2)CCCN(S(=O)(=O)c2cc3c(cc2Cl)OCCO3)C1)N1CCCCC1. The molecule has 10 heteroatoms. The number of nitrogens with zero attached hydrogens (tertiary/aromatic N) is 2. The zero-order chi connectivity index (χ0) is 25.9. The number of hydrogen-bond donors (Lipinski definition) is 0. The number of halogens is 1. The molecule has 1 unspecified atom stereocenters. The summed E-state index contributed by atoms with van der Waals surface area (Å²) in [6.07, 6.45) is 4.69. The van der Waals surface area contributed by atoms with E-state index in [2.05, 4.69) is 0 Å². The predicted molar refractivity (Wildman–Crippen MR) is 140 cm³/mol. The summed E-state index contributed by atoms with van der Waals surface area (Å²) in [4.78, 5) is 15.3. The molecule has 37 heavy (non-hydrogen) atoms. The number of ether oxygens (including phenoxy) is 3. The Labute approximate surface area is 223 Å². The lowest BCUT2D eigenvalue weighted by atomic mass is 9.78. The zero-order valence-corrected chi connectivity index (χ0v) is 22.4. The molecule has 2 saturated heterocycles. The first-order valence-electron chi connectivity index (χ1n) is 12.9. The third-order valence-electron chi connectivity index (χ3n) is 7.36. The van der Waals surface area contributed by atoms with Gasteiger partial charge in [0.15, 0.2) is 11.5 Å². The van der Waals surface area contributed by atoms with Crippen molar-refractivity contribution in [2.24, 2.45) is 5.41 Å². The lowest BCUT2D eigenvalue weighted by Gasteiger charge is -2.42. The molecular formula is C27H33ClN2O6S.